The molecule has 2 aromatic rings. The van der Waals surface area contributed by atoms with Crippen LogP contribution < -0.4 is 10.1 Å². The van der Waals surface area contributed by atoms with Crippen molar-refractivity contribution in [3.8, 4) is 16.2 Å². The first-order valence-corrected chi connectivity index (χ1v) is 14.1. The highest BCUT2D eigenvalue weighted by Gasteiger charge is 2.31. The third-order valence-electron chi connectivity index (χ3n) is 5.68. The molecule has 1 aliphatic rings. The quantitative estimate of drug-likeness (QED) is 0.302. The van der Waals surface area contributed by atoms with E-state index in [0.29, 0.717) is 41.0 Å². The lowest BCUT2D eigenvalue weighted by Crippen LogP contribution is -2.45. The van der Waals surface area contributed by atoms with E-state index in [2.05, 4.69) is 21.2 Å². The molecule has 1 unspecified atom stereocenters. The predicted octanol–water partition coefficient (Wildman–Crippen LogP) is 5.49. The van der Waals surface area contributed by atoms with Crippen molar-refractivity contribution in [1.29, 1.82) is 0 Å². The zero-order chi connectivity index (χ0) is 28.7. The summed E-state index contributed by atoms with van der Waals surface area (Å²) in [4.78, 5) is 52.0. The first-order chi connectivity index (χ1) is 18.4. The molecule has 0 radical (unpaired) electrons. The van der Waals surface area contributed by atoms with Crippen LogP contribution in [0.4, 0.5) is 10.5 Å². The third kappa shape index (κ3) is 8.18. The SMILES string of the molecule is CCOC(=O)COc1c(C(=O)OC)sc(-c2ccc(NC(=O)C3CCCN(C(=O)OC(C)(C)C)C3)cc2)c1Br. The number of nitrogens with one attached hydrogen (secondary N) is 1. The van der Waals surface area contributed by atoms with Crippen LogP contribution in [0.15, 0.2) is 28.7 Å². The largest absolute Gasteiger partial charge is 0.479 e. The fraction of sp³-hybridized carbons (Fsp3) is 0.481. The first kappa shape index (κ1) is 30.4. The molecule has 212 valence electrons. The molecule has 1 atom stereocenters. The number of amides is 2. The number of thiophene rings is 1. The average Bonchev–Trinajstić information content (AvgIpc) is 3.22. The molecule has 10 nitrogen and oxygen atoms in total. The van der Waals surface area contributed by atoms with E-state index in [-0.39, 0.29) is 35.7 Å². The molecule has 1 N–H and O–H groups in total. The lowest BCUT2D eigenvalue weighted by Gasteiger charge is -2.33. The third-order valence-corrected chi connectivity index (χ3v) is 7.90. The van der Waals surface area contributed by atoms with Crippen LogP contribution in [0.2, 0.25) is 0 Å². The van der Waals surface area contributed by atoms with Gasteiger partial charge in [-0.3, -0.25) is 4.79 Å². The van der Waals surface area contributed by atoms with E-state index in [9.17, 15) is 19.2 Å². The summed E-state index contributed by atoms with van der Waals surface area (Å²) in [5.41, 5.74) is 0.754. The molecule has 12 heteroatoms. The predicted molar refractivity (Wildman–Crippen MR) is 150 cm³/mol. The molecular formula is C27H33BrN2O8S. The van der Waals surface area contributed by atoms with Gasteiger partial charge in [-0.25, -0.2) is 14.4 Å². The molecule has 0 saturated carbocycles. The first-order valence-electron chi connectivity index (χ1n) is 12.5. The minimum Gasteiger partial charge on any atom is -0.479 e. The number of nitrogens with zero attached hydrogens (tertiary/aromatic N) is 1. The topological polar surface area (TPSA) is 120 Å². The van der Waals surface area contributed by atoms with Crippen molar-refractivity contribution in [3.63, 3.8) is 0 Å². The minimum atomic E-state index is -0.600. The van der Waals surface area contributed by atoms with E-state index < -0.39 is 23.6 Å². The number of ether oxygens (including phenoxy) is 4. The highest BCUT2D eigenvalue weighted by atomic mass is 79.9. The molecule has 3 rings (SSSR count). The standard InChI is InChI=1S/C27H33BrN2O8S/c1-6-36-19(31)15-37-21-20(28)22(39-23(21)25(33)35-5)16-9-11-18(12-10-16)29-24(32)17-8-7-13-30(14-17)26(34)38-27(2,3)4/h9-12,17H,6-8,13-15H2,1-5H3,(H,29,32). The van der Waals surface area contributed by atoms with Crippen molar-refractivity contribution >= 4 is 56.9 Å². The Hall–Kier alpha value is -3.12. The van der Waals surface area contributed by atoms with Gasteiger partial charge in [-0.15, -0.1) is 11.3 Å². The monoisotopic (exact) mass is 624 g/mol. The Bertz CT molecular complexity index is 1210. The van der Waals surface area contributed by atoms with Gasteiger partial charge in [0.2, 0.25) is 5.91 Å². The Kier molecular flexibility index (Phi) is 10.4. The zero-order valence-corrected chi connectivity index (χ0v) is 25.0. The maximum Gasteiger partial charge on any atom is 0.410 e. The summed E-state index contributed by atoms with van der Waals surface area (Å²) in [6.45, 7) is 7.84. The van der Waals surface area contributed by atoms with Crippen molar-refractivity contribution in [2.75, 3.05) is 38.7 Å². The summed E-state index contributed by atoms with van der Waals surface area (Å²) in [6.07, 6.45) is 0.977. The lowest BCUT2D eigenvalue weighted by molar-refractivity contribution is -0.145. The Morgan fingerprint density at radius 1 is 1.15 bits per heavy atom. The number of anilines is 1. The highest BCUT2D eigenvalue weighted by Crippen LogP contribution is 2.46. The molecule has 1 saturated heterocycles. The van der Waals surface area contributed by atoms with Crippen LogP contribution in [-0.2, 0) is 23.8 Å². The molecule has 0 aliphatic carbocycles. The Balaban J connectivity index is 1.71. The number of carbonyl (C=O) groups is 4. The maximum absolute atomic E-state index is 13.0. The molecule has 0 spiro atoms. The van der Waals surface area contributed by atoms with E-state index >= 15 is 0 Å². The van der Waals surface area contributed by atoms with Crippen molar-refractivity contribution in [3.05, 3.63) is 33.6 Å². The fourth-order valence-corrected chi connectivity index (χ4v) is 5.88. The molecule has 2 amide bonds. The number of carbonyl (C=O) groups excluding carboxylic acids is 4. The number of likely N-dealkylation sites (tertiary alicyclic amines) is 1. The number of hydrogen-bond donors (Lipinski definition) is 1. The van der Waals surface area contributed by atoms with Gasteiger partial charge in [-0.2, -0.15) is 0 Å². The van der Waals surface area contributed by atoms with E-state index in [0.717, 1.165) is 16.9 Å². The Morgan fingerprint density at radius 3 is 2.46 bits per heavy atom. The van der Waals surface area contributed by atoms with Crippen LogP contribution in [0.1, 0.15) is 50.2 Å². The van der Waals surface area contributed by atoms with Crippen LogP contribution in [-0.4, -0.2) is 67.9 Å². The van der Waals surface area contributed by atoms with E-state index in [1.165, 1.54) is 7.11 Å². The molecule has 1 aromatic carbocycles. The molecule has 0 bridgehead atoms. The average molecular weight is 626 g/mol. The number of hydrogen-bond acceptors (Lipinski definition) is 9. The van der Waals surface area contributed by atoms with E-state index in [4.69, 9.17) is 18.9 Å². The smallest absolute Gasteiger partial charge is 0.410 e. The van der Waals surface area contributed by atoms with Gasteiger partial charge in [0.05, 0.1) is 29.0 Å². The zero-order valence-electron chi connectivity index (χ0n) is 22.6. The molecule has 2 heterocycles. The van der Waals surface area contributed by atoms with Gasteiger partial charge in [-0.1, -0.05) is 12.1 Å². The Labute approximate surface area is 240 Å². The second-order valence-electron chi connectivity index (χ2n) is 9.82. The molecule has 39 heavy (non-hydrogen) atoms. The van der Waals surface area contributed by atoms with Crippen LogP contribution in [0.25, 0.3) is 10.4 Å². The molecule has 1 aromatic heterocycles. The van der Waals surface area contributed by atoms with Crippen LogP contribution in [0, 0.1) is 5.92 Å². The number of halogens is 1. The van der Waals surface area contributed by atoms with Crippen molar-refractivity contribution in [1.82, 2.24) is 4.90 Å². The second kappa shape index (κ2) is 13.3. The normalized spacial score (nSPS) is 15.3. The molecular weight excluding hydrogens is 592 g/mol. The van der Waals surface area contributed by atoms with Gasteiger partial charge < -0.3 is 29.2 Å². The second-order valence-corrected chi connectivity index (χ2v) is 11.6. The van der Waals surface area contributed by atoms with Gasteiger partial charge in [-0.05, 0) is 74.2 Å². The van der Waals surface area contributed by atoms with Gasteiger partial charge in [0.25, 0.3) is 0 Å². The van der Waals surface area contributed by atoms with Gasteiger partial charge in [0, 0.05) is 18.8 Å². The maximum atomic E-state index is 13.0. The molecule has 1 aliphatic heterocycles. The van der Waals surface area contributed by atoms with Crippen LogP contribution in [0.3, 0.4) is 0 Å². The van der Waals surface area contributed by atoms with Crippen LogP contribution in [0.5, 0.6) is 5.75 Å². The number of esters is 2. The van der Waals surface area contributed by atoms with Crippen LogP contribution >= 0.6 is 27.3 Å². The summed E-state index contributed by atoms with van der Waals surface area (Å²) in [7, 11) is 1.27. The summed E-state index contributed by atoms with van der Waals surface area (Å²) >= 11 is 4.64. The Morgan fingerprint density at radius 2 is 1.85 bits per heavy atom. The fourth-order valence-electron chi connectivity index (χ4n) is 3.90. The highest BCUT2D eigenvalue weighted by molar-refractivity contribution is 9.10. The van der Waals surface area contributed by atoms with Gasteiger partial charge >= 0.3 is 18.0 Å². The summed E-state index contributed by atoms with van der Waals surface area (Å²) in [6, 6.07) is 7.11. The minimum absolute atomic E-state index is 0.170. The number of piperidine rings is 1. The van der Waals surface area contributed by atoms with E-state index in [1.807, 2.05) is 20.8 Å². The van der Waals surface area contributed by atoms with Crippen molar-refractivity contribution < 1.29 is 38.1 Å². The number of methoxy groups -OCH3 is 1. The number of benzene rings is 1. The summed E-state index contributed by atoms with van der Waals surface area (Å²) in [5, 5.41) is 2.93. The van der Waals surface area contributed by atoms with Crippen molar-refractivity contribution in [2.45, 2.75) is 46.1 Å². The van der Waals surface area contributed by atoms with Gasteiger partial charge in [0.1, 0.15) is 5.60 Å². The van der Waals surface area contributed by atoms with E-state index in [1.54, 1.807) is 36.1 Å². The van der Waals surface area contributed by atoms with Crippen molar-refractivity contribution in [2.24, 2.45) is 5.92 Å². The molecule has 1 fully saturated rings. The van der Waals surface area contributed by atoms with Gasteiger partial charge in [0.15, 0.2) is 17.2 Å². The summed E-state index contributed by atoms with van der Waals surface area (Å²) < 4.78 is 21.3. The lowest BCUT2D eigenvalue weighted by atomic mass is 9.97. The summed E-state index contributed by atoms with van der Waals surface area (Å²) in [5.74, 6) is -1.47. The number of rotatable bonds is 8.